The van der Waals surface area contributed by atoms with Gasteiger partial charge in [0.15, 0.2) is 9.84 Å². The molecule has 3 N–H and O–H groups in total. The second-order valence-electron chi connectivity index (χ2n) is 3.97. The number of nitrogens with two attached hydrogens (primary N) is 1. The summed E-state index contributed by atoms with van der Waals surface area (Å²) < 4.78 is 24.1. The van der Waals surface area contributed by atoms with Crippen molar-refractivity contribution >= 4 is 9.84 Å². The van der Waals surface area contributed by atoms with Gasteiger partial charge in [0.05, 0.1) is 17.3 Å². The van der Waals surface area contributed by atoms with Crippen molar-refractivity contribution in [2.75, 3.05) is 18.9 Å². The molecule has 0 aliphatic carbocycles. The lowest BCUT2D eigenvalue weighted by atomic mass is 10.0. The van der Waals surface area contributed by atoms with Crippen molar-refractivity contribution in [3.63, 3.8) is 0 Å². The summed E-state index contributed by atoms with van der Waals surface area (Å²) in [5, 5.41) is 9.22. The van der Waals surface area contributed by atoms with Gasteiger partial charge in [0.1, 0.15) is 0 Å². The topological polar surface area (TPSA) is 80.4 Å². The second kappa shape index (κ2) is 6.14. The van der Waals surface area contributed by atoms with E-state index in [1.807, 2.05) is 6.92 Å². The highest BCUT2D eigenvalue weighted by atomic mass is 32.2. The highest BCUT2D eigenvalue weighted by molar-refractivity contribution is 7.91. The number of benzene rings is 1. The fourth-order valence-electron chi connectivity index (χ4n) is 1.78. The highest BCUT2D eigenvalue weighted by Crippen LogP contribution is 2.24. The standard InChI is InChI=1S/C12H19NO3S/c1-2-7-17(15,16)12-6-4-3-5-11(12)10(8-13)9-14/h3-6,10,14H,2,7-9,13H2,1H3. The molecule has 1 aromatic rings. The summed E-state index contributed by atoms with van der Waals surface area (Å²) in [5.74, 6) is -0.204. The average molecular weight is 257 g/mol. The van der Waals surface area contributed by atoms with E-state index in [2.05, 4.69) is 0 Å². The Balaban J connectivity index is 3.25. The SMILES string of the molecule is CCCS(=O)(=O)c1ccccc1C(CN)CO. The van der Waals surface area contributed by atoms with Crippen molar-refractivity contribution in [1.82, 2.24) is 0 Å². The molecule has 0 aromatic heterocycles. The molecule has 0 aliphatic rings. The molecule has 0 saturated heterocycles. The third-order valence-corrected chi connectivity index (χ3v) is 4.66. The van der Waals surface area contributed by atoms with Crippen LogP contribution >= 0.6 is 0 Å². The third kappa shape index (κ3) is 3.28. The lowest BCUT2D eigenvalue weighted by Gasteiger charge is -2.16. The van der Waals surface area contributed by atoms with E-state index in [-0.39, 0.29) is 24.8 Å². The fraction of sp³-hybridized carbons (Fsp3) is 0.500. The molecule has 17 heavy (non-hydrogen) atoms. The van der Waals surface area contributed by atoms with Crippen LogP contribution in [0.3, 0.4) is 0 Å². The minimum Gasteiger partial charge on any atom is -0.396 e. The van der Waals surface area contributed by atoms with E-state index in [1.165, 1.54) is 0 Å². The molecule has 0 saturated carbocycles. The molecule has 96 valence electrons. The van der Waals surface area contributed by atoms with Gasteiger partial charge in [-0.2, -0.15) is 0 Å². The van der Waals surface area contributed by atoms with Crippen LogP contribution in [0, 0.1) is 0 Å². The molecule has 1 aromatic carbocycles. The highest BCUT2D eigenvalue weighted by Gasteiger charge is 2.21. The molecular weight excluding hydrogens is 238 g/mol. The molecule has 0 amide bonds. The summed E-state index contributed by atoms with van der Waals surface area (Å²) in [5.41, 5.74) is 6.16. The van der Waals surface area contributed by atoms with Crippen LogP contribution in [0.25, 0.3) is 0 Å². The maximum absolute atomic E-state index is 12.1. The normalized spacial score (nSPS) is 13.6. The van der Waals surface area contributed by atoms with Crippen molar-refractivity contribution in [3.8, 4) is 0 Å². The predicted molar refractivity (Wildman–Crippen MR) is 67.7 cm³/mol. The van der Waals surface area contributed by atoms with Gasteiger partial charge in [0.25, 0.3) is 0 Å². The molecule has 0 bridgehead atoms. The van der Waals surface area contributed by atoms with Gasteiger partial charge in [-0.15, -0.1) is 0 Å². The minimum absolute atomic E-state index is 0.118. The van der Waals surface area contributed by atoms with E-state index < -0.39 is 9.84 Å². The van der Waals surface area contributed by atoms with Crippen molar-refractivity contribution in [2.24, 2.45) is 5.73 Å². The Morgan fingerprint density at radius 2 is 2.00 bits per heavy atom. The maximum atomic E-state index is 12.1. The molecule has 0 heterocycles. The zero-order valence-electron chi connectivity index (χ0n) is 9.96. The summed E-state index contributed by atoms with van der Waals surface area (Å²) in [6, 6.07) is 6.75. The maximum Gasteiger partial charge on any atom is 0.178 e. The van der Waals surface area contributed by atoms with Crippen molar-refractivity contribution in [2.45, 2.75) is 24.2 Å². The number of rotatable bonds is 6. The molecule has 1 unspecified atom stereocenters. The van der Waals surface area contributed by atoms with Crippen LogP contribution in [0.4, 0.5) is 0 Å². The first kappa shape index (κ1) is 14.2. The first-order valence-corrected chi connectivity index (χ1v) is 7.34. The van der Waals surface area contributed by atoms with E-state index in [0.717, 1.165) is 0 Å². The van der Waals surface area contributed by atoms with E-state index in [0.29, 0.717) is 16.9 Å². The van der Waals surface area contributed by atoms with Crippen LogP contribution in [-0.4, -0.2) is 32.4 Å². The van der Waals surface area contributed by atoms with Crippen LogP contribution in [0.5, 0.6) is 0 Å². The van der Waals surface area contributed by atoms with Gasteiger partial charge < -0.3 is 10.8 Å². The van der Waals surface area contributed by atoms with Crippen LogP contribution in [-0.2, 0) is 9.84 Å². The van der Waals surface area contributed by atoms with Gasteiger partial charge in [0, 0.05) is 12.5 Å². The van der Waals surface area contributed by atoms with Gasteiger partial charge in [-0.25, -0.2) is 8.42 Å². The number of aliphatic hydroxyl groups is 1. The van der Waals surface area contributed by atoms with Gasteiger partial charge in [-0.3, -0.25) is 0 Å². The van der Waals surface area contributed by atoms with E-state index in [9.17, 15) is 13.5 Å². The van der Waals surface area contributed by atoms with E-state index in [1.54, 1.807) is 24.3 Å². The molecule has 1 rings (SSSR count). The fourth-order valence-corrected chi connectivity index (χ4v) is 3.42. The smallest absolute Gasteiger partial charge is 0.178 e. The quantitative estimate of drug-likeness (QED) is 0.793. The van der Waals surface area contributed by atoms with Crippen molar-refractivity contribution in [3.05, 3.63) is 29.8 Å². The number of sulfone groups is 1. The lowest BCUT2D eigenvalue weighted by molar-refractivity contribution is 0.266. The molecule has 5 heteroatoms. The number of aliphatic hydroxyl groups excluding tert-OH is 1. The minimum atomic E-state index is -3.27. The van der Waals surface area contributed by atoms with Gasteiger partial charge in [-0.05, 0) is 18.1 Å². The predicted octanol–water partition coefficient (Wildman–Crippen LogP) is 0.905. The van der Waals surface area contributed by atoms with Crippen molar-refractivity contribution in [1.29, 1.82) is 0 Å². The zero-order valence-corrected chi connectivity index (χ0v) is 10.8. The number of hydrogen-bond acceptors (Lipinski definition) is 4. The Kier molecular flexibility index (Phi) is 5.11. The monoisotopic (exact) mass is 257 g/mol. The van der Waals surface area contributed by atoms with E-state index >= 15 is 0 Å². The first-order chi connectivity index (χ1) is 8.06. The van der Waals surface area contributed by atoms with Crippen LogP contribution in [0.15, 0.2) is 29.2 Å². The van der Waals surface area contributed by atoms with Gasteiger partial charge >= 0.3 is 0 Å². The molecule has 0 aliphatic heterocycles. The second-order valence-corrected chi connectivity index (χ2v) is 6.05. The zero-order chi connectivity index (χ0) is 12.9. The summed E-state index contributed by atoms with van der Waals surface area (Å²) in [7, 11) is -3.27. The van der Waals surface area contributed by atoms with E-state index in [4.69, 9.17) is 5.73 Å². The Morgan fingerprint density at radius 3 is 2.53 bits per heavy atom. The Labute approximate surface area is 102 Å². The Morgan fingerprint density at radius 1 is 1.35 bits per heavy atom. The van der Waals surface area contributed by atoms with Gasteiger partial charge in [-0.1, -0.05) is 25.1 Å². The average Bonchev–Trinajstić information content (AvgIpc) is 2.31. The summed E-state index contributed by atoms with van der Waals surface area (Å²) in [6.45, 7) is 1.91. The summed E-state index contributed by atoms with van der Waals surface area (Å²) in [4.78, 5) is 0.298. The third-order valence-electron chi connectivity index (χ3n) is 2.67. The first-order valence-electron chi connectivity index (χ1n) is 5.69. The molecule has 4 nitrogen and oxygen atoms in total. The summed E-state index contributed by atoms with van der Waals surface area (Å²) in [6.07, 6.45) is 0.573. The summed E-state index contributed by atoms with van der Waals surface area (Å²) >= 11 is 0. The molecule has 0 radical (unpaired) electrons. The molecule has 1 atom stereocenters. The Hall–Kier alpha value is -0.910. The largest absolute Gasteiger partial charge is 0.396 e. The number of hydrogen-bond donors (Lipinski definition) is 2. The van der Waals surface area contributed by atoms with Gasteiger partial charge in [0.2, 0.25) is 0 Å². The van der Waals surface area contributed by atoms with Crippen LogP contribution < -0.4 is 5.73 Å². The molecular formula is C12H19NO3S. The molecule has 0 fully saturated rings. The molecule has 0 spiro atoms. The van der Waals surface area contributed by atoms with Crippen LogP contribution in [0.2, 0.25) is 0 Å². The lowest BCUT2D eigenvalue weighted by Crippen LogP contribution is -2.19. The Bertz CT molecular complexity index is 453. The van der Waals surface area contributed by atoms with Crippen molar-refractivity contribution < 1.29 is 13.5 Å². The van der Waals surface area contributed by atoms with Crippen LogP contribution in [0.1, 0.15) is 24.8 Å².